The molecule has 0 unspecified atom stereocenters. The van der Waals surface area contributed by atoms with E-state index in [2.05, 4.69) is 21.4 Å². The van der Waals surface area contributed by atoms with Crippen LogP contribution >= 0.6 is 0 Å². The van der Waals surface area contributed by atoms with Crippen LogP contribution in [0.15, 0.2) is 48.8 Å². The van der Waals surface area contributed by atoms with Gasteiger partial charge in [-0.05, 0) is 36.4 Å². The van der Waals surface area contributed by atoms with E-state index < -0.39 is 0 Å². The first-order valence-corrected chi connectivity index (χ1v) is 6.04. The van der Waals surface area contributed by atoms with Gasteiger partial charge < -0.3 is 11.1 Å². The lowest BCUT2D eigenvalue weighted by atomic mass is 10.2. The second-order valence-corrected chi connectivity index (χ2v) is 4.32. The van der Waals surface area contributed by atoms with Gasteiger partial charge in [0.05, 0.1) is 17.1 Å². The Kier molecular flexibility index (Phi) is 2.90. The minimum Gasteiger partial charge on any atom is -0.399 e. The average Bonchev–Trinajstić information content (AvgIpc) is 2.47. The van der Waals surface area contributed by atoms with Crippen molar-refractivity contribution in [1.29, 1.82) is 5.26 Å². The van der Waals surface area contributed by atoms with Crippen LogP contribution in [-0.2, 0) is 0 Å². The van der Waals surface area contributed by atoms with Gasteiger partial charge in [0.15, 0.2) is 0 Å². The lowest BCUT2D eigenvalue weighted by Gasteiger charge is -2.08. The van der Waals surface area contributed by atoms with Crippen molar-refractivity contribution >= 4 is 28.1 Å². The summed E-state index contributed by atoms with van der Waals surface area (Å²) in [7, 11) is 0. The number of fused-ring (bicyclic) bond motifs is 1. The van der Waals surface area contributed by atoms with Crippen molar-refractivity contribution in [3.8, 4) is 6.07 Å². The van der Waals surface area contributed by atoms with Gasteiger partial charge in [0.25, 0.3) is 0 Å². The maximum Gasteiger partial charge on any atom is 0.141 e. The second kappa shape index (κ2) is 4.86. The van der Waals surface area contributed by atoms with Crippen molar-refractivity contribution in [1.82, 2.24) is 9.97 Å². The minimum atomic E-state index is 0.595. The molecule has 0 spiro atoms. The van der Waals surface area contributed by atoms with Crippen LogP contribution in [0.3, 0.4) is 0 Å². The first-order valence-electron chi connectivity index (χ1n) is 6.04. The third-order valence-electron chi connectivity index (χ3n) is 2.91. The van der Waals surface area contributed by atoms with Crippen molar-refractivity contribution in [3.05, 3.63) is 54.4 Å². The monoisotopic (exact) mass is 261 g/mol. The topological polar surface area (TPSA) is 87.6 Å². The predicted molar refractivity (Wildman–Crippen MR) is 78.4 cm³/mol. The van der Waals surface area contributed by atoms with E-state index in [1.807, 2.05) is 24.3 Å². The number of hydrogen-bond acceptors (Lipinski definition) is 5. The Balaban J connectivity index is 2.04. The Morgan fingerprint density at radius 3 is 2.85 bits per heavy atom. The number of hydrogen-bond donors (Lipinski definition) is 2. The lowest BCUT2D eigenvalue weighted by molar-refractivity contribution is 1.22. The summed E-state index contributed by atoms with van der Waals surface area (Å²) in [5.74, 6) is 0.685. The maximum absolute atomic E-state index is 8.91. The summed E-state index contributed by atoms with van der Waals surface area (Å²) in [6, 6.07) is 14.8. The molecule has 0 fully saturated rings. The molecule has 1 aromatic heterocycles. The van der Waals surface area contributed by atoms with E-state index in [4.69, 9.17) is 11.0 Å². The number of anilines is 3. The Morgan fingerprint density at radius 2 is 2.00 bits per heavy atom. The molecule has 0 bridgehead atoms. The normalized spacial score (nSPS) is 10.2. The van der Waals surface area contributed by atoms with Crippen LogP contribution in [0.4, 0.5) is 17.2 Å². The molecule has 5 nitrogen and oxygen atoms in total. The molecule has 3 aromatic rings. The molecule has 0 atom stereocenters. The summed E-state index contributed by atoms with van der Waals surface area (Å²) in [6.07, 6.45) is 1.48. The summed E-state index contributed by atoms with van der Waals surface area (Å²) in [5.41, 5.74) is 8.59. The lowest BCUT2D eigenvalue weighted by Crippen LogP contribution is -1.97. The van der Waals surface area contributed by atoms with Crippen LogP contribution in [0.5, 0.6) is 0 Å². The number of rotatable bonds is 2. The Labute approximate surface area is 115 Å². The molecule has 0 amide bonds. The highest BCUT2D eigenvalue weighted by Gasteiger charge is 2.04. The molecule has 0 aliphatic heterocycles. The third-order valence-corrected chi connectivity index (χ3v) is 2.91. The van der Waals surface area contributed by atoms with Crippen LogP contribution in [0.1, 0.15) is 5.56 Å². The van der Waals surface area contributed by atoms with Gasteiger partial charge in [-0.3, -0.25) is 0 Å². The third kappa shape index (κ3) is 2.22. The highest BCUT2D eigenvalue weighted by molar-refractivity contribution is 5.92. The highest BCUT2D eigenvalue weighted by atomic mass is 15.0. The number of nitrogens with zero attached hydrogens (tertiary/aromatic N) is 3. The van der Waals surface area contributed by atoms with E-state index in [1.54, 1.807) is 18.2 Å². The van der Waals surface area contributed by atoms with Crippen molar-refractivity contribution < 1.29 is 0 Å². The summed E-state index contributed by atoms with van der Waals surface area (Å²) < 4.78 is 0. The first kappa shape index (κ1) is 11.9. The second-order valence-electron chi connectivity index (χ2n) is 4.32. The Bertz CT molecular complexity index is 820. The summed E-state index contributed by atoms with van der Waals surface area (Å²) in [4.78, 5) is 8.44. The molecular formula is C15H11N5. The number of nitrogens with two attached hydrogens (primary N) is 1. The number of nitriles is 1. The molecule has 3 rings (SSSR count). The highest BCUT2D eigenvalue weighted by Crippen LogP contribution is 2.24. The summed E-state index contributed by atoms with van der Waals surface area (Å²) in [5, 5.41) is 13.0. The Morgan fingerprint density at radius 1 is 1.10 bits per heavy atom. The molecule has 2 aromatic carbocycles. The van der Waals surface area contributed by atoms with E-state index in [0.29, 0.717) is 17.1 Å². The van der Waals surface area contributed by atoms with Crippen molar-refractivity contribution in [2.24, 2.45) is 0 Å². The minimum absolute atomic E-state index is 0.595. The van der Waals surface area contributed by atoms with Gasteiger partial charge in [0.2, 0.25) is 0 Å². The summed E-state index contributed by atoms with van der Waals surface area (Å²) in [6.45, 7) is 0. The largest absolute Gasteiger partial charge is 0.399 e. The molecule has 0 saturated carbocycles. The molecule has 0 aliphatic carbocycles. The predicted octanol–water partition coefficient (Wildman–Crippen LogP) is 2.83. The smallest absolute Gasteiger partial charge is 0.141 e. The van der Waals surface area contributed by atoms with E-state index in [9.17, 15) is 0 Å². The molecular weight excluding hydrogens is 250 g/mol. The van der Waals surface area contributed by atoms with Crippen LogP contribution in [0.25, 0.3) is 10.9 Å². The van der Waals surface area contributed by atoms with Crippen molar-refractivity contribution in [2.75, 3.05) is 11.1 Å². The van der Waals surface area contributed by atoms with Crippen molar-refractivity contribution in [2.45, 2.75) is 0 Å². The number of benzene rings is 2. The summed E-state index contributed by atoms with van der Waals surface area (Å²) >= 11 is 0. The zero-order valence-electron chi connectivity index (χ0n) is 10.5. The molecule has 0 saturated heterocycles. The van der Waals surface area contributed by atoms with Gasteiger partial charge in [-0.15, -0.1) is 0 Å². The van der Waals surface area contributed by atoms with Gasteiger partial charge in [-0.25, -0.2) is 9.97 Å². The zero-order chi connectivity index (χ0) is 13.9. The van der Waals surface area contributed by atoms with Crippen LogP contribution in [0, 0.1) is 11.3 Å². The van der Waals surface area contributed by atoms with E-state index in [0.717, 1.165) is 16.6 Å². The molecule has 1 heterocycles. The van der Waals surface area contributed by atoms with Crippen LogP contribution < -0.4 is 11.1 Å². The van der Waals surface area contributed by atoms with Gasteiger partial charge in [-0.2, -0.15) is 5.26 Å². The van der Waals surface area contributed by atoms with Crippen LogP contribution in [-0.4, -0.2) is 9.97 Å². The number of nitrogen functional groups attached to an aromatic ring is 1. The first-order chi connectivity index (χ1) is 9.76. The van der Waals surface area contributed by atoms with Crippen LogP contribution in [0.2, 0.25) is 0 Å². The molecule has 3 N–H and O–H groups in total. The zero-order valence-corrected chi connectivity index (χ0v) is 10.5. The molecule has 0 radical (unpaired) electrons. The van der Waals surface area contributed by atoms with E-state index >= 15 is 0 Å². The fourth-order valence-electron chi connectivity index (χ4n) is 1.98. The van der Waals surface area contributed by atoms with Gasteiger partial charge in [0, 0.05) is 16.8 Å². The number of aromatic nitrogens is 2. The Hall–Kier alpha value is -3.13. The quantitative estimate of drug-likeness (QED) is 0.692. The molecule has 5 heteroatoms. The number of nitrogens with one attached hydrogen (secondary N) is 1. The standard InChI is InChI=1S/C15H11N5/c16-8-10-2-1-3-12(6-10)20-15-13-5-4-11(17)7-14(13)18-9-19-15/h1-7,9H,17H2,(H,18,19,20). The molecule has 20 heavy (non-hydrogen) atoms. The average molecular weight is 261 g/mol. The SMILES string of the molecule is N#Cc1cccc(Nc2ncnc3cc(N)ccc23)c1. The fraction of sp³-hybridized carbons (Fsp3) is 0. The maximum atomic E-state index is 8.91. The molecule has 96 valence electrons. The van der Waals surface area contributed by atoms with Crippen molar-refractivity contribution in [3.63, 3.8) is 0 Å². The fourth-order valence-corrected chi connectivity index (χ4v) is 1.98. The van der Waals surface area contributed by atoms with E-state index in [-0.39, 0.29) is 0 Å². The van der Waals surface area contributed by atoms with Gasteiger partial charge >= 0.3 is 0 Å². The van der Waals surface area contributed by atoms with Gasteiger partial charge in [0.1, 0.15) is 12.1 Å². The molecule has 0 aliphatic rings. The van der Waals surface area contributed by atoms with E-state index in [1.165, 1.54) is 6.33 Å². The van der Waals surface area contributed by atoms with Gasteiger partial charge in [-0.1, -0.05) is 6.07 Å².